The van der Waals surface area contributed by atoms with Gasteiger partial charge in [-0.3, -0.25) is 9.48 Å². The molecule has 2 aromatic carbocycles. The number of rotatable bonds is 6. The fourth-order valence-corrected chi connectivity index (χ4v) is 4.95. The Morgan fingerprint density at radius 1 is 1.10 bits per heavy atom. The van der Waals surface area contributed by atoms with Crippen molar-refractivity contribution in [2.45, 2.75) is 12.7 Å². The summed E-state index contributed by atoms with van der Waals surface area (Å²) in [6.07, 6.45) is -3.24. The SMILES string of the molecule is COc1cccc(-c2cc(C(F)(F)F)n3nc(C(=O)Nc4nn(Cc5ccc(Cl)cc5Cl)cc4Br)c(Cl)c3n2)c1. The number of ether oxygens (including phenoxy) is 1. The van der Waals surface area contributed by atoms with Crippen molar-refractivity contribution in [1.29, 1.82) is 0 Å². The van der Waals surface area contributed by atoms with Crippen LogP contribution in [0.2, 0.25) is 15.1 Å². The smallest absolute Gasteiger partial charge is 0.433 e. The Balaban J connectivity index is 1.49. The zero-order chi connectivity index (χ0) is 28.8. The molecule has 3 heterocycles. The fraction of sp³-hybridized carbons (Fsp3) is 0.120. The maximum Gasteiger partial charge on any atom is 0.433 e. The highest BCUT2D eigenvalue weighted by Gasteiger charge is 2.37. The molecule has 0 spiro atoms. The molecular weight excluding hydrogens is 660 g/mol. The van der Waals surface area contributed by atoms with Gasteiger partial charge in [-0.15, -0.1) is 0 Å². The lowest BCUT2D eigenvalue weighted by atomic mass is 10.1. The predicted octanol–water partition coefficient (Wildman–Crippen LogP) is 7.64. The molecule has 0 aliphatic carbocycles. The van der Waals surface area contributed by atoms with Crippen molar-refractivity contribution >= 4 is 68.1 Å². The summed E-state index contributed by atoms with van der Waals surface area (Å²) < 4.78 is 49.7. The average molecular weight is 675 g/mol. The second kappa shape index (κ2) is 10.9. The van der Waals surface area contributed by atoms with Gasteiger partial charge in [-0.25, -0.2) is 9.50 Å². The Labute approximate surface area is 247 Å². The van der Waals surface area contributed by atoms with Crippen LogP contribution in [-0.4, -0.2) is 37.4 Å². The summed E-state index contributed by atoms with van der Waals surface area (Å²) in [6, 6.07) is 12.2. The van der Waals surface area contributed by atoms with E-state index in [0.29, 0.717) is 30.3 Å². The molecule has 0 saturated carbocycles. The average Bonchev–Trinajstić information content (AvgIpc) is 3.43. The number of hydrogen-bond donors (Lipinski definition) is 1. The summed E-state index contributed by atoms with van der Waals surface area (Å²) in [5, 5.41) is 11.2. The predicted molar refractivity (Wildman–Crippen MR) is 148 cm³/mol. The second-order valence-electron chi connectivity index (χ2n) is 8.37. The van der Waals surface area contributed by atoms with E-state index < -0.39 is 23.5 Å². The van der Waals surface area contributed by atoms with Gasteiger partial charge in [-0.2, -0.15) is 23.4 Å². The first-order chi connectivity index (χ1) is 18.9. The Kier molecular flexibility index (Phi) is 7.71. The molecule has 8 nitrogen and oxygen atoms in total. The highest BCUT2D eigenvalue weighted by atomic mass is 79.9. The van der Waals surface area contributed by atoms with Gasteiger partial charge >= 0.3 is 6.18 Å². The summed E-state index contributed by atoms with van der Waals surface area (Å²) in [5.74, 6) is -0.373. The van der Waals surface area contributed by atoms with Crippen molar-refractivity contribution in [3.05, 3.63) is 91.2 Å². The number of amides is 1. The minimum Gasteiger partial charge on any atom is -0.497 e. The molecule has 40 heavy (non-hydrogen) atoms. The first kappa shape index (κ1) is 28.2. The van der Waals surface area contributed by atoms with Crippen LogP contribution in [0.25, 0.3) is 16.9 Å². The van der Waals surface area contributed by atoms with E-state index in [-0.39, 0.29) is 28.7 Å². The van der Waals surface area contributed by atoms with E-state index in [1.54, 1.807) is 42.6 Å². The highest BCUT2D eigenvalue weighted by Crippen LogP contribution is 2.35. The molecule has 15 heteroatoms. The third-order valence-corrected chi connectivity index (χ3v) is 7.22. The molecule has 0 atom stereocenters. The number of methoxy groups -OCH3 is 1. The molecule has 5 aromatic rings. The number of aromatic nitrogens is 5. The maximum atomic E-state index is 14.0. The van der Waals surface area contributed by atoms with Crippen molar-refractivity contribution in [2.75, 3.05) is 12.4 Å². The Bertz CT molecular complexity index is 1770. The zero-order valence-corrected chi connectivity index (χ0v) is 24.0. The third kappa shape index (κ3) is 5.62. The molecule has 0 radical (unpaired) electrons. The van der Waals surface area contributed by atoms with E-state index in [4.69, 9.17) is 39.5 Å². The number of hydrogen-bond acceptors (Lipinski definition) is 5. The summed E-state index contributed by atoms with van der Waals surface area (Å²) in [5.41, 5.74) is -0.937. The van der Waals surface area contributed by atoms with Crippen LogP contribution in [0.1, 0.15) is 21.7 Å². The molecule has 5 rings (SSSR count). The number of carbonyl (C=O) groups excluding carboxylic acids is 1. The van der Waals surface area contributed by atoms with Crippen LogP contribution in [-0.2, 0) is 12.7 Å². The number of nitrogens with one attached hydrogen (secondary N) is 1. The van der Waals surface area contributed by atoms with Gasteiger partial charge in [0.05, 0.1) is 23.8 Å². The van der Waals surface area contributed by atoms with Crippen LogP contribution in [0, 0.1) is 0 Å². The summed E-state index contributed by atoms with van der Waals surface area (Å²) in [6.45, 7) is 0.255. The van der Waals surface area contributed by atoms with Gasteiger partial charge in [0.2, 0.25) is 0 Å². The summed E-state index contributed by atoms with van der Waals surface area (Å²) >= 11 is 21.9. The van der Waals surface area contributed by atoms with Crippen molar-refractivity contribution in [1.82, 2.24) is 24.4 Å². The molecular formula is C25H15BrCl3F3N6O2. The fourth-order valence-electron chi connectivity index (χ4n) is 3.82. The van der Waals surface area contributed by atoms with Crippen LogP contribution in [0.3, 0.4) is 0 Å². The second-order valence-corrected chi connectivity index (χ2v) is 10.4. The summed E-state index contributed by atoms with van der Waals surface area (Å²) in [7, 11) is 1.43. The molecule has 1 amide bonds. The van der Waals surface area contributed by atoms with E-state index in [1.807, 2.05) is 0 Å². The van der Waals surface area contributed by atoms with Gasteiger partial charge in [-0.1, -0.05) is 53.0 Å². The van der Waals surface area contributed by atoms with Crippen molar-refractivity contribution in [3.63, 3.8) is 0 Å². The molecule has 0 bridgehead atoms. The molecule has 3 aromatic heterocycles. The van der Waals surface area contributed by atoms with Crippen LogP contribution < -0.4 is 10.1 Å². The zero-order valence-electron chi connectivity index (χ0n) is 20.1. The van der Waals surface area contributed by atoms with Gasteiger partial charge in [0.15, 0.2) is 22.9 Å². The number of fused-ring (bicyclic) bond motifs is 1. The molecule has 0 saturated heterocycles. The molecule has 0 aliphatic rings. The van der Waals surface area contributed by atoms with E-state index in [0.717, 1.165) is 11.6 Å². The molecule has 1 N–H and O–H groups in total. The first-order valence-corrected chi connectivity index (χ1v) is 13.2. The van der Waals surface area contributed by atoms with E-state index in [1.165, 1.54) is 17.9 Å². The van der Waals surface area contributed by atoms with Crippen LogP contribution in [0.5, 0.6) is 5.75 Å². The Morgan fingerprint density at radius 2 is 1.88 bits per heavy atom. The molecule has 0 aliphatic heterocycles. The molecule has 206 valence electrons. The van der Waals surface area contributed by atoms with Crippen LogP contribution in [0.15, 0.2) is 59.2 Å². The van der Waals surface area contributed by atoms with Crippen molar-refractivity contribution in [2.24, 2.45) is 0 Å². The quantitative estimate of drug-likeness (QED) is 0.200. The van der Waals surface area contributed by atoms with Gasteiger partial charge in [0, 0.05) is 21.8 Å². The number of carbonyl (C=O) groups is 1. The summed E-state index contributed by atoms with van der Waals surface area (Å²) in [4.78, 5) is 17.4. The van der Waals surface area contributed by atoms with E-state index >= 15 is 0 Å². The van der Waals surface area contributed by atoms with Crippen LogP contribution in [0.4, 0.5) is 19.0 Å². The van der Waals surface area contributed by atoms with Gasteiger partial charge in [0.25, 0.3) is 5.91 Å². The number of benzene rings is 2. The van der Waals surface area contributed by atoms with Gasteiger partial charge in [0.1, 0.15) is 10.8 Å². The Hall–Kier alpha value is -3.32. The normalized spacial score (nSPS) is 11.7. The lowest BCUT2D eigenvalue weighted by molar-refractivity contribution is -0.142. The number of nitrogens with zero attached hydrogens (tertiary/aromatic N) is 5. The standard InChI is InChI=1S/C25H15BrCl3F3N6O2/c1-40-15-4-2-3-12(7-15)18-9-19(25(30,31)32)38-23(33-18)20(29)21(35-38)24(39)34-22-16(26)11-37(36-22)10-13-5-6-14(27)8-17(13)28/h2-9,11H,10H2,1H3,(H,34,36,39). The monoisotopic (exact) mass is 672 g/mol. The maximum absolute atomic E-state index is 14.0. The Morgan fingerprint density at radius 3 is 2.58 bits per heavy atom. The van der Waals surface area contributed by atoms with E-state index in [9.17, 15) is 18.0 Å². The first-order valence-electron chi connectivity index (χ1n) is 11.2. The van der Waals surface area contributed by atoms with Gasteiger partial charge in [-0.05, 0) is 51.8 Å². The minimum absolute atomic E-state index is 0.0326. The molecule has 0 fully saturated rings. The topological polar surface area (TPSA) is 86.3 Å². The van der Waals surface area contributed by atoms with E-state index in [2.05, 4.69) is 36.4 Å². The lowest BCUT2D eigenvalue weighted by Crippen LogP contribution is -2.16. The largest absolute Gasteiger partial charge is 0.497 e. The third-order valence-electron chi connectivity index (χ3n) is 5.70. The van der Waals surface area contributed by atoms with Crippen LogP contribution >= 0.6 is 50.7 Å². The minimum atomic E-state index is -4.83. The lowest BCUT2D eigenvalue weighted by Gasteiger charge is -2.11. The number of anilines is 1. The van der Waals surface area contributed by atoms with Gasteiger partial charge < -0.3 is 10.1 Å². The number of alkyl halides is 3. The highest BCUT2D eigenvalue weighted by molar-refractivity contribution is 9.10. The van der Waals surface area contributed by atoms with Crippen molar-refractivity contribution in [3.8, 4) is 17.0 Å². The number of halogens is 7. The molecule has 0 unspecified atom stereocenters. The van der Waals surface area contributed by atoms with Crippen molar-refractivity contribution < 1.29 is 22.7 Å².